The Morgan fingerprint density at radius 3 is 2.38 bits per heavy atom. The van der Waals surface area contributed by atoms with E-state index in [-0.39, 0.29) is 30.0 Å². The third kappa shape index (κ3) is 5.12. The molecule has 0 unspecified atom stereocenters. The summed E-state index contributed by atoms with van der Waals surface area (Å²) in [6.07, 6.45) is 0.269. The molecule has 3 aromatic carbocycles. The molecular weight excluding hydrogens is 452 g/mol. The predicted molar refractivity (Wildman–Crippen MR) is 133 cm³/mol. The van der Waals surface area contributed by atoms with Gasteiger partial charge in [-0.15, -0.1) is 11.8 Å². The van der Waals surface area contributed by atoms with Gasteiger partial charge in [-0.2, -0.15) is 0 Å². The Labute approximate surface area is 203 Å². The van der Waals surface area contributed by atoms with Gasteiger partial charge >= 0.3 is 0 Å². The SMILES string of the molecule is COc1ccc([C@@H]2CC(=O)N(CC(=O)Nc3ccc(OC)cc3OC)c3ccccc3S2)cc1. The summed E-state index contributed by atoms with van der Waals surface area (Å²) in [7, 11) is 4.71. The summed E-state index contributed by atoms with van der Waals surface area (Å²) in [5.74, 6) is 1.43. The van der Waals surface area contributed by atoms with Gasteiger partial charge in [-0.3, -0.25) is 9.59 Å². The lowest BCUT2D eigenvalue weighted by Crippen LogP contribution is -2.38. The molecule has 1 N–H and O–H groups in total. The Hall–Kier alpha value is -3.65. The maximum Gasteiger partial charge on any atom is 0.244 e. The lowest BCUT2D eigenvalue weighted by Gasteiger charge is -2.22. The van der Waals surface area contributed by atoms with Gasteiger partial charge in [0.2, 0.25) is 11.8 Å². The minimum Gasteiger partial charge on any atom is -0.497 e. The molecule has 0 aromatic heterocycles. The highest BCUT2D eigenvalue weighted by atomic mass is 32.2. The number of para-hydroxylation sites is 1. The molecule has 3 aromatic rings. The molecule has 0 radical (unpaired) electrons. The van der Waals surface area contributed by atoms with Gasteiger partial charge in [-0.25, -0.2) is 0 Å². The highest BCUT2D eigenvalue weighted by Crippen LogP contribution is 2.45. The average molecular weight is 479 g/mol. The molecule has 1 aliphatic heterocycles. The molecule has 0 fully saturated rings. The first-order chi connectivity index (χ1) is 16.5. The largest absolute Gasteiger partial charge is 0.497 e. The normalized spacial score (nSPS) is 15.2. The molecule has 8 heteroatoms. The second-order valence-electron chi connectivity index (χ2n) is 7.65. The highest BCUT2D eigenvalue weighted by molar-refractivity contribution is 7.99. The number of nitrogens with zero attached hydrogens (tertiary/aromatic N) is 1. The number of thioether (sulfide) groups is 1. The first-order valence-corrected chi connectivity index (χ1v) is 11.6. The van der Waals surface area contributed by atoms with Gasteiger partial charge in [-0.1, -0.05) is 24.3 Å². The van der Waals surface area contributed by atoms with E-state index >= 15 is 0 Å². The van der Waals surface area contributed by atoms with Gasteiger partial charge in [0.25, 0.3) is 0 Å². The van der Waals surface area contributed by atoms with E-state index in [4.69, 9.17) is 14.2 Å². The number of rotatable bonds is 7. The number of carbonyl (C=O) groups excluding carboxylic acids is 2. The monoisotopic (exact) mass is 478 g/mol. The quantitative estimate of drug-likeness (QED) is 0.519. The van der Waals surface area contributed by atoms with Gasteiger partial charge in [0, 0.05) is 22.6 Å². The van der Waals surface area contributed by atoms with Crippen LogP contribution in [0.15, 0.2) is 71.6 Å². The Kier molecular flexibility index (Phi) is 7.27. The zero-order valence-electron chi connectivity index (χ0n) is 19.2. The molecule has 1 aliphatic rings. The maximum atomic E-state index is 13.3. The summed E-state index contributed by atoms with van der Waals surface area (Å²) >= 11 is 1.62. The van der Waals surface area contributed by atoms with Gasteiger partial charge in [0.1, 0.15) is 23.8 Å². The van der Waals surface area contributed by atoms with Crippen molar-refractivity contribution in [2.75, 3.05) is 38.1 Å². The van der Waals surface area contributed by atoms with E-state index in [1.165, 1.54) is 7.11 Å². The third-order valence-electron chi connectivity index (χ3n) is 5.56. The number of fused-ring (bicyclic) bond motifs is 1. The molecule has 0 aliphatic carbocycles. The molecular formula is C26H26N2O5S. The Balaban J connectivity index is 1.56. The summed E-state index contributed by atoms with van der Waals surface area (Å²) in [6, 6.07) is 20.5. The van der Waals surface area contributed by atoms with Crippen LogP contribution in [0, 0.1) is 0 Å². The molecule has 1 atom stereocenters. The van der Waals surface area contributed by atoms with Crippen molar-refractivity contribution >= 4 is 35.0 Å². The van der Waals surface area contributed by atoms with Crippen LogP contribution in [0.5, 0.6) is 17.2 Å². The Bertz CT molecular complexity index is 1180. The maximum absolute atomic E-state index is 13.3. The van der Waals surface area contributed by atoms with Crippen molar-refractivity contribution in [1.82, 2.24) is 0 Å². The van der Waals surface area contributed by atoms with E-state index < -0.39 is 0 Å². The average Bonchev–Trinajstić information content (AvgIpc) is 3.00. The summed E-state index contributed by atoms with van der Waals surface area (Å²) in [5, 5.41) is 2.78. The van der Waals surface area contributed by atoms with Crippen molar-refractivity contribution in [3.05, 3.63) is 72.3 Å². The number of hydrogen-bond acceptors (Lipinski definition) is 6. The first-order valence-electron chi connectivity index (χ1n) is 10.7. The van der Waals surface area contributed by atoms with Crippen LogP contribution >= 0.6 is 11.8 Å². The number of benzene rings is 3. The minimum absolute atomic E-state index is 0.0747. The van der Waals surface area contributed by atoms with E-state index in [0.717, 1.165) is 21.9 Å². The summed E-state index contributed by atoms with van der Waals surface area (Å²) in [4.78, 5) is 28.8. The number of anilines is 2. The molecule has 0 spiro atoms. The van der Waals surface area contributed by atoms with Crippen LogP contribution in [-0.4, -0.2) is 39.7 Å². The van der Waals surface area contributed by atoms with Crippen LogP contribution in [0.25, 0.3) is 0 Å². The van der Waals surface area contributed by atoms with E-state index in [0.29, 0.717) is 17.2 Å². The predicted octanol–water partition coefficient (Wildman–Crippen LogP) is 4.92. The lowest BCUT2D eigenvalue weighted by atomic mass is 10.1. The van der Waals surface area contributed by atoms with Crippen molar-refractivity contribution in [3.63, 3.8) is 0 Å². The van der Waals surface area contributed by atoms with Crippen LogP contribution in [-0.2, 0) is 9.59 Å². The third-order valence-corrected chi connectivity index (χ3v) is 6.88. The molecule has 34 heavy (non-hydrogen) atoms. The van der Waals surface area contributed by atoms with Gasteiger partial charge in [-0.05, 0) is 42.0 Å². The van der Waals surface area contributed by atoms with E-state index in [1.807, 2.05) is 48.5 Å². The number of hydrogen-bond donors (Lipinski definition) is 1. The van der Waals surface area contributed by atoms with E-state index in [1.54, 1.807) is 49.1 Å². The smallest absolute Gasteiger partial charge is 0.244 e. The van der Waals surface area contributed by atoms with Crippen LogP contribution in [0.3, 0.4) is 0 Å². The molecule has 0 bridgehead atoms. The fourth-order valence-electron chi connectivity index (χ4n) is 3.79. The van der Waals surface area contributed by atoms with Crippen molar-refractivity contribution < 1.29 is 23.8 Å². The fraction of sp³-hybridized carbons (Fsp3) is 0.231. The van der Waals surface area contributed by atoms with Gasteiger partial charge in [0.15, 0.2) is 0 Å². The number of methoxy groups -OCH3 is 3. The topological polar surface area (TPSA) is 77.1 Å². The Morgan fingerprint density at radius 1 is 0.971 bits per heavy atom. The number of amides is 2. The van der Waals surface area contributed by atoms with Crippen molar-refractivity contribution in [1.29, 1.82) is 0 Å². The van der Waals surface area contributed by atoms with Crippen molar-refractivity contribution in [2.24, 2.45) is 0 Å². The second-order valence-corrected chi connectivity index (χ2v) is 8.89. The summed E-state index contributed by atoms with van der Waals surface area (Å²) < 4.78 is 15.8. The number of nitrogens with one attached hydrogen (secondary N) is 1. The summed E-state index contributed by atoms with van der Waals surface area (Å²) in [5.41, 5.74) is 2.27. The first kappa shape index (κ1) is 23.5. The van der Waals surface area contributed by atoms with E-state index in [2.05, 4.69) is 5.32 Å². The molecule has 1 heterocycles. The molecule has 176 valence electrons. The van der Waals surface area contributed by atoms with E-state index in [9.17, 15) is 9.59 Å². The molecule has 0 saturated carbocycles. The Morgan fingerprint density at radius 2 is 1.68 bits per heavy atom. The second kappa shape index (κ2) is 10.5. The lowest BCUT2D eigenvalue weighted by molar-refractivity contribution is -0.121. The fourth-order valence-corrected chi connectivity index (χ4v) is 5.07. The zero-order valence-corrected chi connectivity index (χ0v) is 20.1. The van der Waals surface area contributed by atoms with Gasteiger partial charge in [0.05, 0.1) is 32.7 Å². The van der Waals surface area contributed by atoms with Gasteiger partial charge < -0.3 is 24.4 Å². The molecule has 2 amide bonds. The van der Waals surface area contributed by atoms with Crippen LogP contribution in [0.1, 0.15) is 17.2 Å². The van der Waals surface area contributed by atoms with Crippen LogP contribution < -0.4 is 24.4 Å². The molecule has 7 nitrogen and oxygen atoms in total. The standard InChI is InChI=1S/C26H26N2O5S/c1-31-18-10-8-17(9-11-18)24-15-26(30)28(21-6-4-5-7-23(21)34-24)16-25(29)27-20-13-12-19(32-2)14-22(20)33-3/h4-14,24H,15-16H2,1-3H3,(H,27,29)/t24-/m0/s1. The van der Waals surface area contributed by atoms with Crippen molar-refractivity contribution in [2.45, 2.75) is 16.6 Å². The van der Waals surface area contributed by atoms with Crippen LogP contribution in [0.2, 0.25) is 0 Å². The highest BCUT2D eigenvalue weighted by Gasteiger charge is 2.30. The van der Waals surface area contributed by atoms with Crippen molar-refractivity contribution in [3.8, 4) is 17.2 Å². The molecule has 0 saturated heterocycles. The molecule has 4 rings (SSSR count). The summed E-state index contributed by atoms with van der Waals surface area (Å²) in [6.45, 7) is -0.110. The number of ether oxygens (including phenoxy) is 3. The van der Waals surface area contributed by atoms with Crippen LogP contribution in [0.4, 0.5) is 11.4 Å². The number of carbonyl (C=O) groups is 2. The zero-order chi connectivity index (χ0) is 24.1. The minimum atomic E-state index is -0.320.